The standard InChI is InChI=1S/C12H25NS/c1-5-9-13(10-6-2)12(7-3)8-11-14-4/h7,12H,3,5-6,8-11H2,1-2,4H3. The van der Waals surface area contributed by atoms with Gasteiger partial charge in [0.05, 0.1) is 0 Å². The van der Waals surface area contributed by atoms with Crippen LogP contribution in [0.5, 0.6) is 0 Å². The second kappa shape index (κ2) is 9.60. The summed E-state index contributed by atoms with van der Waals surface area (Å²) in [5, 5.41) is 0. The quantitative estimate of drug-likeness (QED) is 0.542. The molecule has 0 saturated heterocycles. The van der Waals surface area contributed by atoms with Crippen LogP contribution in [0.2, 0.25) is 0 Å². The van der Waals surface area contributed by atoms with E-state index < -0.39 is 0 Å². The van der Waals surface area contributed by atoms with Gasteiger partial charge in [-0.15, -0.1) is 6.58 Å². The van der Waals surface area contributed by atoms with Crippen LogP contribution in [0.15, 0.2) is 12.7 Å². The Morgan fingerprint density at radius 2 is 1.86 bits per heavy atom. The summed E-state index contributed by atoms with van der Waals surface area (Å²) in [6.45, 7) is 10.9. The fourth-order valence-electron chi connectivity index (χ4n) is 1.71. The van der Waals surface area contributed by atoms with Crippen molar-refractivity contribution in [2.45, 2.75) is 39.2 Å². The third kappa shape index (κ3) is 5.71. The van der Waals surface area contributed by atoms with Gasteiger partial charge in [0.1, 0.15) is 0 Å². The lowest BCUT2D eigenvalue weighted by Gasteiger charge is -2.28. The van der Waals surface area contributed by atoms with Gasteiger partial charge in [0.15, 0.2) is 0 Å². The summed E-state index contributed by atoms with van der Waals surface area (Å²) < 4.78 is 0. The van der Waals surface area contributed by atoms with Gasteiger partial charge < -0.3 is 0 Å². The first kappa shape index (κ1) is 14.1. The third-order valence-electron chi connectivity index (χ3n) is 2.38. The first-order chi connectivity index (χ1) is 6.79. The van der Waals surface area contributed by atoms with E-state index in [2.05, 4.69) is 37.7 Å². The van der Waals surface area contributed by atoms with Crippen LogP contribution < -0.4 is 0 Å². The number of thioether (sulfide) groups is 1. The van der Waals surface area contributed by atoms with Crippen molar-refractivity contribution < 1.29 is 0 Å². The van der Waals surface area contributed by atoms with Crippen molar-refractivity contribution in [1.29, 1.82) is 0 Å². The third-order valence-corrected chi connectivity index (χ3v) is 3.02. The summed E-state index contributed by atoms with van der Waals surface area (Å²) in [7, 11) is 0. The average molecular weight is 215 g/mol. The van der Waals surface area contributed by atoms with Crippen molar-refractivity contribution in [2.75, 3.05) is 25.1 Å². The summed E-state index contributed by atoms with van der Waals surface area (Å²) >= 11 is 1.92. The molecule has 0 aromatic rings. The van der Waals surface area contributed by atoms with Gasteiger partial charge in [-0.1, -0.05) is 19.9 Å². The van der Waals surface area contributed by atoms with Crippen LogP contribution in [-0.4, -0.2) is 36.0 Å². The molecular weight excluding hydrogens is 190 g/mol. The number of rotatable bonds is 9. The van der Waals surface area contributed by atoms with Gasteiger partial charge in [0, 0.05) is 6.04 Å². The molecular formula is C12H25NS. The predicted octanol–water partition coefficient (Wildman–Crippen LogP) is 3.42. The van der Waals surface area contributed by atoms with Crippen molar-refractivity contribution in [3.8, 4) is 0 Å². The Morgan fingerprint density at radius 3 is 2.21 bits per heavy atom. The van der Waals surface area contributed by atoms with Crippen LogP contribution in [0.1, 0.15) is 33.1 Å². The molecule has 0 aliphatic carbocycles. The highest BCUT2D eigenvalue weighted by Gasteiger charge is 2.12. The summed E-state index contributed by atoms with van der Waals surface area (Å²) in [6, 6.07) is 0.586. The van der Waals surface area contributed by atoms with Gasteiger partial charge in [0.2, 0.25) is 0 Å². The molecule has 0 rings (SSSR count). The minimum atomic E-state index is 0.586. The molecule has 14 heavy (non-hydrogen) atoms. The van der Waals surface area contributed by atoms with Crippen molar-refractivity contribution >= 4 is 11.8 Å². The van der Waals surface area contributed by atoms with Crippen LogP contribution in [0.3, 0.4) is 0 Å². The Bertz CT molecular complexity index is 130. The molecule has 0 amide bonds. The molecule has 0 radical (unpaired) electrons. The molecule has 0 saturated carbocycles. The highest BCUT2D eigenvalue weighted by atomic mass is 32.2. The van der Waals surface area contributed by atoms with Gasteiger partial charge in [-0.25, -0.2) is 0 Å². The fraction of sp³-hybridized carbons (Fsp3) is 0.833. The lowest BCUT2D eigenvalue weighted by molar-refractivity contribution is 0.226. The Hall–Kier alpha value is 0.0500. The summed E-state index contributed by atoms with van der Waals surface area (Å²) in [6.07, 6.45) is 8.00. The molecule has 1 atom stereocenters. The zero-order chi connectivity index (χ0) is 10.8. The van der Waals surface area contributed by atoms with Crippen LogP contribution in [0, 0.1) is 0 Å². The second-order valence-electron chi connectivity index (χ2n) is 3.62. The largest absolute Gasteiger partial charge is 0.297 e. The topological polar surface area (TPSA) is 3.24 Å². The lowest BCUT2D eigenvalue weighted by atomic mass is 10.1. The normalized spacial score (nSPS) is 13.1. The second-order valence-corrected chi connectivity index (χ2v) is 4.61. The fourth-order valence-corrected chi connectivity index (χ4v) is 2.18. The van der Waals surface area contributed by atoms with E-state index >= 15 is 0 Å². The SMILES string of the molecule is C=CC(CCSC)N(CCC)CCC. The molecule has 0 aliphatic rings. The maximum atomic E-state index is 3.95. The molecule has 1 unspecified atom stereocenters. The van der Waals surface area contributed by atoms with Gasteiger partial charge >= 0.3 is 0 Å². The van der Waals surface area contributed by atoms with E-state index in [0.717, 1.165) is 0 Å². The Morgan fingerprint density at radius 1 is 1.29 bits per heavy atom. The maximum Gasteiger partial charge on any atom is 0.0283 e. The van der Waals surface area contributed by atoms with Crippen molar-refractivity contribution in [2.24, 2.45) is 0 Å². The average Bonchev–Trinajstić information content (AvgIpc) is 2.19. The molecule has 84 valence electrons. The number of hydrogen-bond acceptors (Lipinski definition) is 2. The molecule has 0 aromatic heterocycles. The highest BCUT2D eigenvalue weighted by Crippen LogP contribution is 2.10. The smallest absolute Gasteiger partial charge is 0.0283 e. The minimum absolute atomic E-state index is 0.586. The summed E-state index contributed by atoms with van der Waals surface area (Å²) in [5.41, 5.74) is 0. The van der Waals surface area contributed by atoms with Gasteiger partial charge in [-0.2, -0.15) is 11.8 Å². The van der Waals surface area contributed by atoms with Gasteiger partial charge in [0.25, 0.3) is 0 Å². The van der Waals surface area contributed by atoms with Crippen LogP contribution in [0.4, 0.5) is 0 Å². The Labute approximate surface area is 93.9 Å². The molecule has 1 nitrogen and oxygen atoms in total. The molecule has 0 fully saturated rings. The van der Waals surface area contributed by atoms with E-state index in [0.29, 0.717) is 6.04 Å². The minimum Gasteiger partial charge on any atom is -0.297 e. The number of nitrogens with zero attached hydrogens (tertiary/aromatic N) is 1. The highest BCUT2D eigenvalue weighted by molar-refractivity contribution is 7.98. The molecule has 0 bridgehead atoms. The zero-order valence-corrected chi connectivity index (χ0v) is 10.8. The van der Waals surface area contributed by atoms with Crippen LogP contribution >= 0.6 is 11.8 Å². The van der Waals surface area contributed by atoms with E-state index in [9.17, 15) is 0 Å². The van der Waals surface area contributed by atoms with E-state index in [1.54, 1.807) is 0 Å². The molecule has 0 N–H and O–H groups in total. The van der Waals surface area contributed by atoms with Crippen molar-refractivity contribution in [3.63, 3.8) is 0 Å². The monoisotopic (exact) mass is 215 g/mol. The van der Waals surface area contributed by atoms with Crippen molar-refractivity contribution in [3.05, 3.63) is 12.7 Å². The predicted molar refractivity (Wildman–Crippen MR) is 69.1 cm³/mol. The zero-order valence-electron chi connectivity index (χ0n) is 9.96. The first-order valence-electron chi connectivity index (χ1n) is 5.65. The van der Waals surface area contributed by atoms with Gasteiger partial charge in [-0.05, 0) is 44.4 Å². The maximum absolute atomic E-state index is 3.95. The Balaban J connectivity index is 4.03. The van der Waals surface area contributed by atoms with Crippen molar-refractivity contribution in [1.82, 2.24) is 4.90 Å². The summed E-state index contributed by atoms with van der Waals surface area (Å²) in [4.78, 5) is 2.56. The van der Waals surface area contributed by atoms with E-state index in [1.807, 2.05) is 11.8 Å². The molecule has 0 spiro atoms. The summed E-state index contributed by atoms with van der Waals surface area (Å²) in [5.74, 6) is 1.24. The van der Waals surface area contributed by atoms with Crippen LogP contribution in [0.25, 0.3) is 0 Å². The number of hydrogen-bond donors (Lipinski definition) is 0. The molecule has 2 heteroatoms. The molecule has 0 aliphatic heterocycles. The van der Waals surface area contributed by atoms with Crippen LogP contribution in [-0.2, 0) is 0 Å². The van der Waals surface area contributed by atoms with E-state index in [4.69, 9.17) is 0 Å². The van der Waals surface area contributed by atoms with Gasteiger partial charge in [-0.3, -0.25) is 4.90 Å². The molecule has 0 heterocycles. The first-order valence-corrected chi connectivity index (χ1v) is 7.05. The lowest BCUT2D eigenvalue weighted by Crippen LogP contribution is -2.35. The Kier molecular flexibility index (Phi) is 9.63. The molecule has 0 aromatic carbocycles. The van der Waals surface area contributed by atoms with E-state index in [1.165, 1.54) is 38.1 Å². The van der Waals surface area contributed by atoms with E-state index in [-0.39, 0.29) is 0 Å².